The number of nitrogens with zero attached hydrogens (tertiary/aromatic N) is 3. The molecule has 7 nitrogen and oxygen atoms in total. The summed E-state index contributed by atoms with van der Waals surface area (Å²) >= 11 is 2.06. The Bertz CT molecular complexity index is 1070. The third-order valence-corrected chi connectivity index (χ3v) is 5.10. The van der Waals surface area contributed by atoms with Crippen LogP contribution in [-0.2, 0) is 4.79 Å². The van der Waals surface area contributed by atoms with Crippen LogP contribution in [0.15, 0.2) is 58.8 Å². The van der Waals surface area contributed by atoms with Crippen molar-refractivity contribution < 1.29 is 14.7 Å². The summed E-state index contributed by atoms with van der Waals surface area (Å²) in [6.45, 7) is 3.61. The maximum atomic E-state index is 12.2. The minimum Gasteiger partial charge on any atom is -0.493 e. The molecule has 2 aromatic carbocycles. The van der Waals surface area contributed by atoms with Crippen LogP contribution in [0, 0.1) is 3.57 Å². The molecule has 0 unspecified atom stereocenters. The summed E-state index contributed by atoms with van der Waals surface area (Å²) in [7, 11) is 0. The lowest BCUT2D eigenvalue weighted by atomic mass is 10.2. The summed E-state index contributed by atoms with van der Waals surface area (Å²) in [5.41, 5.74) is 1.54. The van der Waals surface area contributed by atoms with Gasteiger partial charge in [-0.15, -0.1) is 10.2 Å². The molecule has 0 fully saturated rings. The summed E-state index contributed by atoms with van der Waals surface area (Å²) in [4.78, 5) is 24.2. The van der Waals surface area contributed by atoms with Crippen molar-refractivity contribution in [3.8, 4) is 5.88 Å². The number of aromatic hydroxyl groups is 1. The number of carbonyl (C=O) groups is 2. The fraction of sp³-hybridized carbons (Fsp3) is 0.200. The van der Waals surface area contributed by atoms with Gasteiger partial charge in [-0.05, 0) is 54.6 Å². The van der Waals surface area contributed by atoms with Crippen molar-refractivity contribution in [2.24, 2.45) is 10.2 Å². The molecule has 0 saturated carbocycles. The Kier molecular flexibility index (Phi) is 6.08. The number of carbonyl (C=O) groups excluding carboxylic acids is 2. The first-order chi connectivity index (χ1) is 13.4. The summed E-state index contributed by atoms with van der Waals surface area (Å²) < 4.78 is 2.52. The van der Waals surface area contributed by atoms with Crippen LogP contribution in [0.4, 0.5) is 5.69 Å². The lowest BCUT2D eigenvalue weighted by molar-refractivity contribution is -0.117. The van der Waals surface area contributed by atoms with Crippen molar-refractivity contribution in [3.63, 3.8) is 0 Å². The molecule has 2 N–H and O–H groups in total. The van der Waals surface area contributed by atoms with Crippen LogP contribution < -0.4 is 5.32 Å². The number of azo groups is 1. The van der Waals surface area contributed by atoms with Gasteiger partial charge in [0.1, 0.15) is 6.54 Å². The van der Waals surface area contributed by atoms with Gasteiger partial charge in [0.05, 0.1) is 11.1 Å². The maximum Gasteiger partial charge on any atom is 0.283 e. The average Bonchev–Trinajstić information content (AvgIpc) is 2.96. The van der Waals surface area contributed by atoms with E-state index in [4.69, 9.17) is 0 Å². The third kappa shape index (κ3) is 4.06. The highest BCUT2D eigenvalue weighted by Gasteiger charge is 2.18. The zero-order chi connectivity index (χ0) is 20.3. The Morgan fingerprint density at radius 3 is 2.54 bits per heavy atom. The summed E-state index contributed by atoms with van der Waals surface area (Å²) in [5, 5.41) is 21.4. The van der Waals surface area contributed by atoms with Gasteiger partial charge < -0.3 is 15.0 Å². The number of fused-ring (bicyclic) bond motifs is 1. The number of rotatable bonds is 5. The fourth-order valence-corrected chi connectivity index (χ4v) is 3.52. The smallest absolute Gasteiger partial charge is 0.283 e. The standard InChI is InChI=1S/C20H19IN4O3/c1-12(2)25-16-10-6-4-8-14(16)18(20(25)28)24-23-17(26)11-22-19(27)13-7-3-5-9-15(13)21/h3-10,12,28H,11H2,1-2H3,(H,22,27). The predicted molar refractivity (Wildman–Crippen MR) is 115 cm³/mol. The van der Waals surface area contributed by atoms with E-state index < -0.39 is 5.91 Å². The first kappa shape index (κ1) is 20.0. The number of benzene rings is 2. The third-order valence-electron chi connectivity index (χ3n) is 4.16. The Balaban J connectivity index is 1.75. The first-order valence-corrected chi connectivity index (χ1v) is 9.77. The van der Waals surface area contributed by atoms with Crippen molar-refractivity contribution in [2.45, 2.75) is 19.9 Å². The van der Waals surface area contributed by atoms with Gasteiger partial charge in [-0.1, -0.05) is 30.3 Å². The fourth-order valence-electron chi connectivity index (χ4n) is 2.89. The highest BCUT2D eigenvalue weighted by Crippen LogP contribution is 2.40. The lowest BCUT2D eigenvalue weighted by Gasteiger charge is -2.10. The lowest BCUT2D eigenvalue weighted by Crippen LogP contribution is -2.29. The molecule has 2 amide bonds. The topological polar surface area (TPSA) is 96.0 Å². The van der Waals surface area contributed by atoms with Crippen molar-refractivity contribution in [2.75, 3.05) is 6.54 Å². The molecule has 0 bridgehead atoms. The van der Waals surface area contributed by atoms with Crippen molar-refractivity contribution in [3.05, 3.63) is 57.7 Å². The van der Waals surface area contributed by atoms with Crippen LogP contribution >= 0.6 is 22.6 Å². The second-order valence-electron chi connectivity index (χ2n) is 6.41. The van der Waals surface area contributed by atoms with E-state index in [2.05, 4.69) is 38.1 Å². The van der Waals surface area contributed by atoms with Crippen LogP contribution in [-0.4, -0.2) is 28.0 Å². The maximum absolute atomic E-state index is 12.2. The summed E-state index contributed by atoms with van der Waals surface area (Å²) in [5.74, 6) is -1.01. The molecule has 8 heteroatoms. The number of halogens is 1. The van der Waals surface area contributed by atoms with Gasteiger partial charge in [0.2, 0.25) is 5.88 Å². The van der Waals surface area contributed by atoms with Crippen LogP contribution in [0.25, 0.3) is 10.9 Å². The zero-order valence-electron chi connectivity index (χ0n) is 15.4. The van der Waals surface area contributed by atoms with Crippen LogP contribution in [0.5, 0.6) is 5.88 Å². The normalized spacial score (nSPS) is 11.4. The van der Waals surface area contributed by atoms with Crippen molar-refractivity contribution in [1.29, 1.82) is 0 Å². The molecule has 144 valence electrons. The van der Waals surface area contributed by atoms with Gasteiger partial charge in [0.15, 0.2) is 5.69 Å². The van der Waals surface area contributed by atoms with E-state index in [-0.39, 0.29) is 30.1 Å². The highest BCUT2D eigenvalue weighted by molar-refractivity contribution is 14.1. The molecule has 0 atom stereocenters. The van der Waals surface area contributed by atoms with Gasteiger partial charge in [0, 0.05) is 15.0 Å². The van der Waals surface area contributed by atoms with Crippen LogP contribution in [0.2, 0.25) is 0 Å². The van der Waals surface area contributed by atoms with Crippen LogP contribution in [0.3, 0.4) is 0 Å². The van der Waals surface area contributed by atoms with Crippen molar-refractivity contribution in [1.82, 2.24) is 9.88 Å². The Labute approximate surface area is 175 Å². The molecule has 0 aliphatic carbocycles. The monoisotopic (exact) mass is 490 g/mol. The van der Waals surface area contributed by atoms with Gasteiger partial charge >= 0.3 is 0 Å². The number of amides is 2. The largest absolute Gasteiger partial charge is 0.493 e. The molecule has 0 saturated heterocycles. The number of nitrogens with one attached hydrogen (secondary N) is 1. The molecule has 0 aliphatic rings. The summed E-state index contributed by atoms with van der Waals surface area (Å²) in [6, 6.07) is 14.5. The van der Waals surface area contributed by atoms with E-state index in [0.29, 0.717) is 10.9 Å². The van der Waals surface area contributed by atoms with Crippen molar-refractivity contribution >= 4 is 51.0 Å². The van der Waals surface area contributed by atoms with Gasteiger partial charge in [-0.25, -0.2) is 0 Å². The predicted octanol–water partition coefficient (Wildman–Crippen LogP) is 4.57. The van der Waals surface area contributed by atoms with E-state index in [1.165, 1.54) is 0 Å². The molecule has 1 aromatic heterocycles. The molecule has 0 spiro atoms. The molecule has 1 heterocycles. The highest BCUT2D eigenvalue weighted by atomic mass is 127. The molecule has 0 radical (unpaired) electrons. The number of hydrogen-bond acceptors (Lipinski definition) is 4. The second kappa shape index (κ2) is 8.51. The van der Waals surface area contributed by atoms with Gasteiger partial charge in [0.25, 0.3) is 11.8 Å². The Morgan fingerprint density at radius 2 is 1.82 bits per heavy atom. The first-order valence-electron chi connectivity index (χ1n) is 8.69. The quantitative estimate of drug-likeness (QED) is 0.405. The molecule has 0 aliphatic heterocycles. The Morgan fingerprint density at radius 1 is 1.14 bits per heavy atom. The summed E-state index contributed by atoms with van der Waals surface area (Å²) in [6.07, 6.45) is 0. The molecular weight excluding hydrogens is 471 g/mol. The van der Waals surface area contributed by atoms with E-state index in [1.54, 1.807) is 16.7 Å². The second-order valence-corrected chi connectivity index (χ2v) is 7.57. The average molecular weight is 490 g/mol. The number of aromatic nitrogens is 1. The van der Waals surface area contributed by atoms with E-state index >= 15 is 0 Å². The van der Waals surface area contributed by atoms with E-state index in [9.17, 15) is 14.7 Å². The zero-order valence-corrected chi connectivity index (χ0v) is 17.5. The Hall–Kier alpha value is -2.75. The van der Waals surface area contributed by atoms with E-state index in [0.717, 1.165) is 9.09 Å². The van der Waals surface area contributed by atoms with Gasteiger partial charge in [-0.3, -0.25) is 9.59 Å². The molecule has 3 rings (SSSR count). The molecular formula is C20H19IN4O3. The molecule has 28 heavy (non-hydrogen) atoms. The minimum atomic E-state index is -0.611. The SMILES string of the molecule is CC(C)n1c(O)c(N=NC(=O)CNC(=O)c2ccccc2I)c2ccccc21. The minimum absolute atomic E-state index is 0.0113. The van der Waals surface area contributed by atoms with E-state index in [1.807, 2.05) is 50.2 Å². The number of para-hydroxylation sites is 1. The van der Waals surface area contributed by atoms with Crippen LogP contribution in [0.1, 0.15) is 30.2 Å². The number of hydrogen-bond donors (Lipinski definition) is 2. The van der Waals surface area contributed by atoms with Gasteiger partial charge in [-0.2, -0.15) is 0 Å². The molecule has 3 aromatic rings.